The Bertz CT molecular complexity index is 590. The summed E-state index contributed by atoms with van der Waals surface area (Å²) in [5, 5.41) is -0.0663. The zero-order chi connectivity index (χ0) is 14.1. The van der Waals surface area contributed by atoms with Crippen LogP contribution in [-0.2, 0) is 6.54 Å². The molecule has 0 radical (unpaired) electrons. The van der Waals surface area contributed by atoms with Crippen LogP contribution in [-0.4, -0.2) is 14.5 Å². The number of pyridine rings is 1. The van der Waals surface area contributed by atoms with Gasteiger partial charge in [0.05, 0.1) is 17.1 Å². The van der Waals surface area contributed by atoms with Crippen molar-refractivity contribution in [1.82, 2.24) is 14.5 Å². The first-order valence-electron chi connectivity index (χ1n) is 7.59. The van der Waals surface area contributed by atoms with E-state index in [1.165, 1.54) is 31.2 Å². The zero-order valence-electron chi connectivity index (χ0n) is 12.2. The van der Waals surface area contributed by atoms with E-state index in [-0.39, 0.29) is 5.38 Å². The largest absolute Gasteiger partial charge is 0.326 e. The first kappa shape index (κ1) is 13.9. The van der Waals surface area contributed by atoms with Crippen molar-refractivity contribution in [2.24, 2.45) is 11.8 Å². The molecule has 0 amide bonds. The molecule has 108 valence electrons. The minimum Gasteiger partial charge on any atom is -0.326 e. The molecule has 3 atom stereocenters. The second-order valence-electron chi connectivity index (χ2n) is 6.20. The van der Waals surface area contributed by atoms with Crippen LogP contribution in [0.2, 0.25) is 0 Å². The average molecular weight is 292 g/mol. The molecule has 0 saturated heterocycles. The molecule has 0 spiro atoms. The van der Waals surface area contributed by atoms with Gasteiger partial charge in [-0.15, -0.1) is 11.6 Å². The summed E-state index contributed by atoms with van der Waals surface area (Å²) >= 11 is 6.32. The molecule has 3 unspecified atom stereocenters. The van der Waals surface area contributed by atoms with Crippen molar-refractivity contribution < 1.29 is 0 Å². The van der Waals surface area contributed by atoms with E-state index < -0.39 is 0 Å². The Morgan fingerprint density at radius 1 is 1.45 bits per heavy atom. The smallest absolute Gasteiger partial charge is 0.127 e. The molecule has 2 aromatic rings. The molecule has 3 rings (SSSR count). The predicted octanol–water partition coefficient (Wildman–Crippen LogP) is 4.56. The maximum Gasteiger partial charge on any atom is 0.127 e. The van der Waals surface area contributed by atoms with Gasteiger partial charge in [-0.1, -0.05) is 19.8 Å². The lowest BCUT2D eigenvalue weighted by atomic mass is 9.82. The van der Waals surface area contributed by atoms with E-state index in [1.807, 2.05) is 19.3 Å². The molecule has 3 nitrogen and oxygen atoms in total. The van der Waals surface area contributed by atoms with Crippen LogP contribution in [0, 0.1) is 11.8 Å². The summed E-state index contributed by atoms with van der Waals surface area (Å²) in [6.07, 6.45) is 9.05. The summed E-state index contributed by atoms with van der Waals surface area (Å²) in [5.74, 6) is 2.58. The van der Waals surface area contributed by atoms with Crippen molar-refractivity contribution in [2.45, 2.75) is 51.5 Å². The number of fused-ring (bicyclic) bond motifs is 1. The van der Waals surface area contributed by atoms with Gasteiger partial charge in [0.25, 0.3) is 0 Å². The molecule has 0 aliphatic heterocycles. The van der Waals surface area contributed by atoms with Gasteiger partial charge in [0, 0.05) is 12.7 Å². The molecule has 1 aliphatic carbocycles. The van der Waals surface area contributed by atoms with Crippen LogP contribution in [0.3, 0.4) is 0 Å². The lowest BCUT2D eigenvalue weighted by Gasteiger charge is -2.27. The van der Waals surface area contributed by atoms with Gasteiger partial charge in [-0.3, -0.25) is 4.98 Å². The molecular formula is C16H22ClN3. The fourth-order valence-corrected chi connectivity index (χ4v) is 3.65. The SMILES string of the molecule is CC1CCCC(Cn2c(C(C)Cl)nc3cnccc32)C1. The second-order valence-corrected chi connectivity index (χ2v) is 6.85. The van der Waals surface area contributed by atoms with E-state index in [9.17, 15) is 0 Å². The monoisotopic (exact) mass is 291 g/mol. The van der Waals surface area contributed by atoms with Gasteiger partial charge in [0.1, 0.15) is 11.3 Å². The highest BCUT2D eigenvalue weighted by Gasteiger charge is 2.22. The van der Waals surface area contributed by atoms with Crippen molar-refractivity contribution in [3.63, 3.8) is 0 Å². The summed E-state index contributed by atoms with van der Waals surface area (Å²) in [6, 6.07) is 2.05. The highest BCUT2D eigenvalue weighted by molar-refractivity contribution is 6.20. The van der Waals surface area contributed by atoms with Crippen molar-refractivity contribution in [2.75, 3.05) is 0 Å². The Kier molecular flexibility index (Phi) is 3.97. The summed E-state index contributed by atoms with van der Waals surface area (Å²) in [6.45, 7) is 5.40. The van der Waals surface area contributed by atoms with Crippen LogP contribution >= 0.6 is 11.6 Å². The number of aromatic nitrogens is 3. The van der Waals surface area contributed by atoms with Crippen molar-refractivity contribution in [1.29, 1.82) is 0 Å². The molecule has 0 aromatic carbocycles. The summed E-state index contributed by atoms with van der Waals surface area (Å²) in [5.41, 5.74) is 2.12. The maximum atomic E-state index is 6.32. The Labute approximate surface area is 125 Å². The quantitative estimate of drug-likeness (QED) is 0.776. The molecule has 20 heavy (non-hydrogen) atoms. The van der Waals surface area contributed by atoms with E-state index in [0.29, 0.717) is 0 Å². The van der Waals surface area contributed by atoms with E-state index in [2.05, 4.69) is 27.5 Å². The fraction of sp³-hybridized carbons (Fsp3) is 0.625. The molecule has 2 aromatic heterocycles. The van der Waals surface area contributed by atoms with Crippen molar-refractivity contribution in [3.05, 3.63) is 24.3 Å². The Morgan fingerprint density at radius 3 is 3.05 bits per heavy atom. The molecule has 0 N–H and O–H groups in total. The van der Waals surface area contributed by atoms with Gasteiger partial charge in [-0.2, -0.15) is 0 Å². The van der Waals surface area contributed by atoms with Gasteiger partial charge in [-0.25, -0.2) is 4.98 Å². The van der Waals surface area contributed by atoms with Gasteiger partial charge in [0.15, 0.2) is 0 Å². The van der Waals surface area contributed by atoms with Crippen LogP contribution in [0.15, 0.2) is 18.5 Å². The first-order chi connectivity index (χ1) is 9.65. The third-order valence-electron chi connectivity index (χ3n) is 4.42. The number of rotatable bonds is 3. The third-order valence-corrected chi connectivity index (χ3v) is 4.62. The molecule has 1 fully saturated rings. The second kappa shape index (κ2) is 5.72. The average Bonchev–Trinajstić information content (AvgIpc) is 2.78. The number of halogens is 1. The number of alkyl halides is 1. The van der Waals surface area contributed by atoms with E-state index >= 15 is 0 Å². The van der Waals surface area contributed by atoms with Gasteiger partial charge in [0.2, 0.25) is 0 Å². The predicted molar refractivity (Wildman–Crippen MR) is 82.9 cm³/mol. The van der Waals surface area contributed by atoms with Crippen LogP contribution in [0.1, 0.15) is 50.7 Å². The number of nitrogens with zero attached hydrogens (tertiary/aromatic N) is 3. The van der Waals surface area contributed by atoms with Gasteiger partial charge < -0.3 is 4.57 Å². The van der Waals surface area contributed by atoms with Crippen molar-refractivity contribution >= 4 is 22.6 Å². The topological polar surface area (TPSA) is 30.7 Å². The summed E-state index contributed by atoms with van der Waals surface area (Å²) < 4.78 is 2.32. The lowest BCUT2D eigenvalue weighted by molar-refractivity contribution is 0.257. The van der Waals surface area contributed by atoms with Crippen LogP contribution in [0.5, 0.6) is 0 Å². The Morgan fingerprint density at radius 2 is 2.30 bits per heavy atom. The van der Waals surface area contributed by atoms with Crippen LogP contribution in [0.25, 0.3) is 11.0 Å². The zero-order valence-corrected chi connectivity index (χ0v) is 13.0. The Hall–Kier alpha value is -1.09. The van der Waals surface area contributed by atoms with E-state index in [4.69, 9.17) is 11.6 Å². The number of hydrogen-bond acceptors (Lipinski definition) is 2. The molecule has 1 aliphatic rings. The first-order valence-corrected chi connectivity index (χ1v) is 8.03. The molecule has 0 bridgehead atoms. The number of hydrogen-bond donors (Lipinski definition) is 0. The molecule has 1 saturated carbocycles. The van der Waals surface area contributed by atoms with E-state index in [1.54, 1.807) is 0 Å². The molecule has 2 heterocycles. The minimum absolute atomic E-state index is 0.0663. The maximum absolute atomic E-state index is 6.32. The highest BCUT2D eigenvalue weighted by Crippen LogP contribution is 2.32. The minimum atomic E-state index is -0.0663. The molecule has 4 heteroatoms. The molecular weight excluding hydrogens is 270 g/mol. The van der Waals surface area contributed by atoms with Gasteiger partial charge >= 0.3 is 0 Å². The Balaban J connectivity index is 1.94. The van der Waals surface area contributed by atoms with Crippen LogP contribution < -0.4 is 0 Å². The summed E-state index contributed by atoms with van der Waals surface area (Å²) in [4.78, 5) is 8.83. The van der Waals surface area contributed by atoms with Gasteiger partial charge in [-0.05, 0) is 37.7 Å². The standard InChI is InChI=1S/C16H22ClN3/c1-11-4-3-5-13(8-11)10-20-15-6-7-18-9-14(15)19-16(20)12(2)17/h6-7,9,11-13H,3-5,8,10H2,1-2H3. The van der Waals surface area contributed by atoms with Crippen LogP contribution in [0.4, 0.5) is 0 Å². The third kappa shape index (κ3) is 2.69. The number of imidazole rings is 1. The summed E-state index contributed by atoms with van der Waals surface area (Å²) in [7, 11) is 0. The lowest BCUT2D eigenvalue weighted by Crippen LogP contribution is -2.19. The fourth-order valence-electron chi connectivity index (χ4n) is 3.48. The normalized spacial score (nSPS) is 24.9. The van der Waals surface area contributed by atoms with E-state index in [0.717, 1.165) is 29.7 Å². The van der Waals surface area contributed by atoms with Crippen molar-refractivity contribution in [3.8, 4) is 0 Å². The highest BCUT2D eigenvalue weighted by atomic mass is 35.5.